The largest absolute Gasteiger partial charge is 0.508 e. The molecule has 1 aromatic carbocycles. The summed E-state index contributed by atoms with van der Waals surface area (Å²) in [7, 11) is 0. The standard InChI is InChI=1S/C56H80O21/c1-51(2)20-21-56(50(70)77-49-45(74-36(61)15-10-26-8-11-27(58)12-9-26)43(30(59)25-71-49)75-47-41(66)38(63)37(62)31(24-57)72-47)29(22-51)28-13-14-33-53(5)18-17-35(73-48-42(67)39(64)40(65)44(76-48)46(68)69)52(3,4)32(53)16-19-54(33,6)55(28,7)23-34(56)60/h8-13,15,29-35,37-45,47-49,57-60,62-67H,14,16-25H2,1-7H3,(H,68,69)/b15-10+/t29-,30-,31-,32+,33+,34+,35-,37-,38+,39+,40+,41-,42-,43+,44+,45-,47+,48+,49+,53-,54-,55-,56-/m0/s1. The molecule has 5 aliphatic carbocycles. The Morgan fingerprint density at radius 1 is 0.714 bits per heavy atom. The summed E-state index contributed by atoms with van der Waals surface area (Å²) < 4.78 is 41.9. The Bertz CT molecular complexity index is 2410. The van der Waals surface area contributed by atoms with E-state index in [0.717, 1.165) is 24.5 Å². The third-order valence-corrected chi connectivity index (χ3v) is 20.4. The number of carbonyl (C=O) groups excluding carboxylic acids is 2. The number of benzene rings is 1. The van der Waals surface area contributed by atoms with E-state index >= 15 is 4.79 Å². The summed E-state index contributed by atoms with van der Waals surface area (Å²) in [5.74, 6) is -3.66. The van der Waals surface area contributed by atoms with E-state index in [4.69, 9.17) is 33.2 Å². The minimum Gasteiger partial charge on any atom is -0.508 e. The lowest BCUT2D eigenvalue weighted by molar-refractivity contribution is -0.347. The van der Waals surface area contributed by atoms with Crippen molar-refractivity contribution in [3.63, 3.8) is 0 Å². The van der Waals surface area contributed by atoms with Crippen LogP contribution in [0.25, 0.3) is 6.08 Å². The number of ether oxygens (including phenoxy) is 7. The third-order valence-electron chi connectivity index (χ3n) is 20.4. The Balaban J connectivity index is 1.00. The highest BCUT2D eigenvalue weighted by molar-refractivity contribution is 5.87. The Morgan fingerprint density at radius 2 is 1.38 bits per heavy atom. The monoisotopic (exact) mass is 1090 g/mol. The molecule has 8 aliphatic rings. The molecule has 23 atom stereocenters. The van der Waals surface area contributed by atoms with Crippen LogP contribution in [0, 0.1) is 50.2 Å². The molecule has 11 N–H and O–H groups in total. The van der Waals surface area contributed by atoms with Crippen molar-refractivity contribution in [1.29, 1.82) is 0 Å². The first kappa shape index (κ1) is 58.0. The van der Waals surface area contributed by atoms with Crippen molar-refractivity contribution in [3.05, 3.63) is 47.6 Å². The number of aliphatic hydroxyl groups is 9. The molecule has 3 heterocycles. The summed E-state index contributed by atoms with van der Waals surface area (Å²) >= 11 is 0. The second-order valence-corrected chi connectivity index (χ2v) is 25.5. The number of carboxylic acids is 1. The van der Waals surface area contributed by atoms with Crippen molar-refractivity contribution in [2.45, 2.75) is 204 Å². The lowest BCUT2D eigenvalue weighted by Gasteiger charge is -2.71. The fourth-order valence-corrected chi connectivity index (χ4v) is 15.9. The molecule has 7 fully saturated rings. The first-order valence-electron chi connectivity index (χ1n) is 27.2. The zero-order valence-corrected chi connectivity index (χ0v) is 44.8. The first-order chi connectivity index (χ1) is 36.0. The number of hydrogen-bond donors (Lipinski definition) is 11. The fourth-order valence-electron chi connectivity index (χ4n) is 15.9. The number of allylic oxidation sites excluding steroid dienone is 2. The number of fused-ring (bicyclic) bond motifs is 7. The van der Waals surface area contributed by atoms with E-state index in [1.165, 1.54) is 18.2 Å². The van der Waals surface area contributed by atoms with Crippen LogP contribution in [-0.2, 0) is 47.5 Å². The molecule has 1 aromatic rings. The Hall–Kier alpha value is -3.65. The number of aliphatic hydroxyl groups excluding tert-OH is 9. The predicted octanol–water partition coefficient (Wildman–Crippen LogP) is 1.81. The van der Waals surface area contributed by atoms with Crippen molar-refractivity contribution in [2.75, 3.05) is 13.2 Å². The summed E-state index contributed by atoms with van der Waals surface area (Å²) in [5.41, 5.74) is -2.05. The highest BCUT2D eigenvalue weighted by Gasteiger charge is 2.72. The van der Waals surface area contributed by atoms with Gasteiger partial charge in [-0.25, -0.2) is 9.59 Å². The summed E-state index contributed by atoms with van der Waals surface area (Å²) in [6.45, 7) is 14.0. The van der Waals surface area contributed by atoms with Gasteiger partial charge < -0.3 is 89.3 Å². The topological polar surface area (TPSA) is 338 Å². The normalized spacial score (nSPS) is 47.3. The van der Waals surface area contributed by atoms with Gasteiger partial charge in [0.2, 0.25) is 6.29 Å². The molecular formula is C56H80O21. The Kier molecular flexibility index (Phi) is 15.8. The summed E-state index contributed by atoms with van der Waals surface area (Å²) in [4.78, 5) is 41.2. The van der Waals surface area contributed by atoms with E-state index in [0.29, 0.717) is 37.7 Å². The number of aromatic hydroxyl groups is 1. The summed E-state index contributed by atoms with van der Waals surface area (Å²) in [6.07, 6.45) is -16.2. The second-order valence-electron chi connectivity index (χ2n) is 25.5. The molecular weight excluding hydrogens is 1010 g/mol. The van der Waals surface area contributed by atoms with Crippen LogP contribution in [0.1, 0.15) is 112 Å². The van der Waals surface area contributed by atoms with Gasteiger partial charge in [-0.15, -0.1) is 0 Å². The molecule has 3 aliphatic heterocycles. The zero-order chi connectivity index (χ0) is 56.1. The van der Waals surface area contributed by atoms with Gasteiger partial charge in [0.1, 0.15) is 66.1 Å². The number of aliphatic carboxylic acids is 1. The maximum absolute atomic E-state index is 15.5. The molecule has 0 spiro atoms. The number of phenolic OH excluding ortho intramolecular Hbond substituents is 1. The van der Waals surface area contributed by atoms with Gasteiger partial charge in [0.15, 0.2) is 24.8 Å². The quantitative estimate of drug-likeness (QED) is 0.0651. The number of hydrogen-bond acceptors (Lipinski definition) is 20. The van der Waals surface area contributed by atoms with Crippen LogP contribution in [0.4, 0.5) is 0 Å². The molecule has 3 saturated heterocycles. The van der Waals surface area contributed by atoms with Crippen LogP contribution in [0.2, 0.25) is 0 Å². The van der Waals surface area contributed by atoms with Gasteiger partial charge in [0.25, 0.3) is 0 Å². The molecule has 0 amide bonds. The minimum absolute atomic E-state index is 0.00123. The highest BCUT2D eigenvalue weighted by atomic mass is 16.8. The van der Waals surface area contributed by atoms with E-state index in [1.54, 1.807) is 12.1 Å². The van der Waals surface area contributed by atoms with E-state index in [2.05, 4.69) is 54.5 Å². The van der Waals surface area contributed by atoms with Gasteiger partial charge in [0, 0.05) is 6.08 Å². The number of rotatable bonds is 11. The van der Waals surface area contributed by atoms with Crippen LogP contribution in [0.15, 0.2) is 42.0 Å². The van der Waals surface area contributed by atoms with Gasteiger partial charge in [0.05, 0.1) is 25.4 Å². The van der Waals surface area contributed by atoms with E-state index in [1.807, 2.05) is 0 Å². The van der Waals surface area contributed by atoms with Gasteiger partial charge in [-0.2, -0.15) is 0 Å². The lowest BCUT2D eigenvalue weighted by atomic mass is 9.33. The van der Waals surface area contributed by atoms with Crippen molar-refractivity contribution < 1.29 is 104 Å². The van der Waals surface area contributed by atoms with Crippen LogP contribution in [0.5, 0.6) is 5.75 Å². The van der Waals surface area contributed by atoms with Gasteiger partial charge in [-0.3, -0.25) is 4.79 Å². The first-order valence-corrected chi connectivity index (χ1v) is 27.2. The second kappa shape index (κ2) is 21.0. The van der Waals surface area contributed by atoms with E-state index in [9.17, 15) is 65.8 Å². The van der Waals surface area contributed by atoms with E-state index < -0.39 is 157 Å². The zero-order valence-electron chi connectivity index (χ0n) is 44.8. The molecule has 0 unspecified atom stereocenters. The molecule has 0 radical (unpaired) electrons. The summed E-state index contributed by atoms with van der Waals surface area (Å²) in [6, 6.07) is 5.92. The number of carbonyl (C=O) groups is 3. The molecule has 9 rings (SSSR count). The molecule has 21 heteroatoms. The maximum Gasteiger partial charge on any atom is 0.335 e. The number of carboxylic acid groups (broad SMARTS) is 1. The Morgan fingerprint density at radius 3 is 2.04 bits per heavy atom. The average molecular weight is 1090 g/mol. The average Bonchev–Trinajstić information content (AvgIpc) is 3.45. The van der Waals surface area contributed by atoms with Gasteiger partial charge >= 0.3 is 17.9 Å². The molecule has 430 valence electrons. The maximum atomic E-state index is 15.5. The van der Waals surface area contributed by atoms with Crippen LogP contribution in [-0.4, -0.2) is 186 Å². The molecule has 21 nitrogen and oxygen atoms in total. The van der Waals surface area contributed by atoms with Crippen molar-refractivity contribution in [1.82, 2.24) is 0 Å². The van der Waals surface area contributed by atoms with Gasteiger partial charge in [-0.1, -0.05) is 72.2 Å². The fraction of sp³-hybridized carbons (Fsp3) is 0.768. The van der Waals surface area contributed by atoms with Crippen molar-refractivity contribution in [3.8, 4) is 5.75 Å². The molecule has 77 heavy (non-hydrogen) atoms. The third kappa shape index (κ3) is 9.78. The summed E-state index contributed by atoms with van der Waals surface area (Å²) in [5, 5.41) is 118. The predicted molar refractivity (Wildman–Crippen MR) is 267 cm³/mol. The van der Waals surface area contributed by atoms with E-state index in [-0.39, 0.29) is 41.3 Å². The van der Waals surface area contributed by atoms with Crippen LogP contribution >= 0.6 is 0 Å². The number of esters is 2. The van der Waals surface area contributed by atoms with Crippen molar-refractivity contribution in [2.24, 2.45) is 50.2 Å². The molecule has 4 saturated carbocycles. The molecule has 0 bridgehead atoms. The SMILES string of the molecule is CC1(C)CC[C@@]2(C(=O)O[C@H]3OC[C@H](O)[C@@H](O[C@H]4O[C@@H](CO)[C@H](O)[C@@H](O)[C@@H]4O)[C@@H]3OC(=O)/C=C/c3ccc(O)cc3)[C@H](O)C[C@@]3(C)C(=CC[C@@H]4[C@@]5(C)CC[C@H](O[C@@H]6O[C@@H](C(=O)O)[C@H](O)[C@@H](O)[C@@H]6O)C(C)(C)[C@H]5CC[C@@]43C)[C@@H]2C1. The highest BCUT2D eigenvalue weighted by Crippen LogP contribution is 2.76. The van der Waals surface area contributed by atoms with Crippen LogP contribution in [0.3, 0.4) is 0 Å². The van der Waals surface area contributed by atoms with Crippen LogP contribution < -0.4 is 0 Å². The molecule has 0 aromatic heterocycles. The minimum atomic E-state index is -1.91. The van der Waals surface area contributed by atoms with Crippen molar-refractivity contribution >= 4 is 24.0 Å². The smallest absolute Gasteiger partial charge is 0.335 e. The lowest BCUT2D eigenvalue weighted by Crippen LogP contribution is -2.68. The Labute approximate surface area is 447 Å². The van der Waals surface area contributed by atoms with Gasteiger partial charge in [-0.05, 0) is 126 Å². The number of phenols is 1.